The molecule has 0 saturated carbocycles. The van der Waals surface area contributed by atoms with Crippen LogP contribution in [0.4, 0.5) is 4.39 Å². The molecule has 0 aliphatic carbocycles. The summed E-state index contributed by atoms with van der Waals surface area (Å²) >= 11 is 0. The molecule has 0 unspecified atom stereocenters. The normalized spacial score (nSPS) is 18.1. The van der Waals surface area contributed by atoms with Crippen molar-refractivity contribution in [3.05, 3.63) is 42.0 Å². The molecule has 2 N–H and O–H groups in total. The van der Waals surface area contributed by atoms with E-state index in [1.807, 2.05) is 0 Å². The van der Waals surface area contributed by atoms with Gasteiger partial charge in [-0.1, -0.05) is 12.1 Å². The van der Waals surface area contributed by atoms with E-state index in [1.54, 1.807) is 23.2 Å². The molecular weight excluding hydrogens is 359 g/mol. The molecule has 1 aromatic carbocycles. The predicted molar refractivity (Wildman–Crippen MR) is 95.4 cm³/mol. The number of likely N-dealkylation sites (tertiary alicyclic amines) is 1. The Morgan fingerprint density at radius 2 is 2.12 bits per heavy atom. The van der Waals surface area contributed by atoms with E-state index in [0.29, 0.717) is 13.1 Å². The number of sulfonamides is 1. The Kier molecular flexibility index (Phi) is 5.38. The third-order valence-electron chi connectivity index (χ3n) is 4.49. The van der Waals surface area contributed by atoms with Gasteiger partial charge in [0, 0.05) is 30.3 Å². The number of aromatic amines is 1. The van der Waals surface area contributed by atoms with Crippen molar-refractivity contribution in [1.82, 2.24) is 19.8 Å². The minimum Gasteiger partial charge on any atom is -0.341 e. The highest BCUT2D eigenvalue weighted by atomic mass is 32.2. The number of hydrogen-bond donors (Lipinski definition) is 2. The molecule has 1 fully saturated rings. The van der Waals surface area contributed by atoms with Crippen LogP contribution in [0.5, 0.6) is 0 Å². The standard InChI is InChI=1S/C17H21FN4O3S/c1-26(24,25)20-10-16(23)22-8-2-3-13(11-22)17-15(9-19-21-17)12-4-6-14(18)7-5-12/h4-7,9,13,20H,2-3,8,10-11H2,1H3,(H,19,21)/t13-/m0/s1. The largest absolute Gasteiger partial charge is 0.341 e. The molecule has 1 atom stereocenters. The van der Waals surface area contributed by atoms with Crippen LogP contribution in [0, 0.1) is 5.82 Å². The lowest BCUT2D eigenvalue weighted by Gasteiger charge is -2.32. The summed E-state index contributed by atoms with van der Waals surface area (Å²) in [5.41, 5.74) is 2.65. The molecule has 1 aliphatic rings. The van der Waals surface area contributed by atoms with Crippen LogP contribution in [0.3, 0.4) is 0 Å². The van der Waals surface area contributed by atoms with Crippen LogP contribution < -0.4 is 4.72 Å². The van der Waals surface area contributed by atoms with Crippen molar-refractivity contribution in [3.63, 3.8) is 0 Å². The predicted octanol–water partition coefficient (Wildman–Crippen LogP) is 1.47. The van der Waals surface area contributed by atoms with Gasteiger partial charge >= 0.3 is 0 Å². The molecule has 1 amide bonds. The van der Waals surface area contributed by atoms with Crippen LogP contribution in [0.2, 0.25) is 0 Å². The number of benzene rings is 1. The fourth-order valence-electron chi connectivity index (χ4n) is 3.21. The van der Waals surface area contributed by atoms with Gasteiger partial charge in [0.15, 0.2) is 0 Å². The molecule has 2 heterocycles. The molecule has 140 valence electrons. The highest BCUT2D eigenvalue weighted by Crippen LogP contribution is 2.33. The highest BCUT2D eigenvalue weighted by Gasteiger charge is 2.27. The van der Waals surface area contributed by atoms with Gasteiger partial charge in [-0.2, -0.15) is 5.10 Å². The fraction of sp³-hybridized carbons (Fsp3) is 0.412. The number of carbonyl (C=O) groups excluding carboxylic acids is 1. The first kappa shape index (κ1) is 18.5. The summed E-state index contributed by atoms with van der Waals surface area (Å²) in [5, 5.41) is 7.13. The van der Waals surface area contributed by atoms with E-state index >= 15 is 0 Å². The van der Waals surface area contributed by atoms with Crippen LogP contribution in [0.1, 0.15) is 24.5 Å². The molecule has 9 heteroatoms. The number of H-pyrrole nitrogens is 1. The number of nitrogens with zero attached hydrogens (tertiary/aromatic N) is 2. The summed E-state index contributed by atoms with van der Waals surface area (Å²) in [5.74, 6) is -0.483. The zero-order valence-electron chi connectivity index (χ0n) is 14.4. The first-order chi connectivity index (χ1) is 12.3. The minimum absolute atomic E-state index is 0.0634. The lowest BCUT2D eigenvalue weighted by atomic mass is 9.90. The van der Waals surface area contributed by atoms with Gasteiger partial charge in [-0.3, -0.25) is 9.89 Å². The fourth-order valence-corrected chi connectivity index (χ4v) is 3.60. The molecule has 7 nitrogen and oxygen atoms in total. The zero-order chi connectivity index (χ0) is 18.7. The topological polar surface area (TPSA) is 95.2 Å². The summed E-state index contributed by atoms with van der Waals surface area (Å²) in [6, 6.07) is 6.20. The van der Waals surface area contributed by atoms with E-state index in [0.717, 1.165) is 35.9 Å². The molecule has 1 aliphatic heterocycles. The maximum absolute atomic E-state index is 13.2. The summed E-state index contributed by atoms with van der Waals surface area (Å²) < 4.78 is 37.7. The number of hydrogen-bond acceptors (Lipinski definition) is 4. The number of carbonyl (C=O) groups is 1. The smallest absolute Gasteiger partial charge is 0.237 e. The molecule has 26 heavy (non-hydrogen) atoms. The van der Waals surface area contributed by atoms with Gasteiger partial charge in [0.05, 0.1) is 19.0 Å². The molecule has 3 rings (SSSR count). The Balaban J connectivity index is 1.73. The summed E-state index contributed by atoms with van der Waals surface area (Å²) in [7, 11) is -3.41. The van der Waals surface area contributed by atoms with E-state index in [4.69, 9.17) is 0 Å². The van der Waals surface area contributed by atoms with Crippen molar-refractivity contribution < 1.29 is 17.6 Å². The Morgan fingerprint density at radius 1 is 1.38 bits per heavy atom. The van der Waals surface area contributed by atoms with Gasteiger partial charge in [-0.25, -0.2) is 17.5 Å². The van der Waals surface area contributed by atoms with Crippen molar-refractivity contribution in [2.75, 3.05) is 25.9 Å². The van der Waals surface area contributed by atoms with E-state index in [2.05, 4.69) is 14.9 Å². The highest BCUT2D eigenvalue weighted by molar-refractivity contribution is 7.88. The molecule has 2 aromatic rings. The Morgan fingerprint density at radius 3 is 2.81 bits per heavy atom. The Labute approximate surface area is 151 Å². The molecule has 0 spiro atoms. The summed E-state index contributed by atoms with van der Waals surface area (Å²) in [4.78, 5) is 14.0. The van der Waals surface area contributed by atoms with E-state index in [1.165, 1.54) is 12.1 Å². The van der Waals surface area contributed by atoms with Crippen molar-refractivity contribution in [3.8, 4) is 11.1 Å². The van der Waals surface area contributed by atoms with Gasteiger partial charge < -0.3 is 4.90 Å². The second kappa shape index (κ2) is 7.55. The number of halogens is 1. The zero-order valence-corrected chi connectivity index (χ0v) is 15.2. The molecule has 1 aromatic heterocycles. The number of piperidine rings is 1. The van der Waals surface area contributed by atoms with Crippen molar-refractivity contribution in [1.29, 1.82) is 0 Å². The number of aromatic nitrogens is 2. The van der Waals surface area contributed by atoms with Gasteiger partial charge in [-0.05, 0) is 30.5 Å². The first-order valence-corrected chi connectivity index (χ1v) is 10.2. The lowest BCUT2D eigenvalue weighted by molar-refractivity contribution is -0.131. The van der Waals surface area contributed by atoms with Gasteiger partial charge in [0.1, 0.15) is 5.82 Å². The van der Waals surface area contributed by atoms with Crippen LogP contribution >= 0.6 is 0 Å². The summed E-state index contributed by atoms with van der Waals surface area (Å²) in [6.07, 6.45) is 4.43. The number of nitrogens with one attached hydrogen (secondary N) is 2. The lowest BCUT2D eigenvalue weighted by Crippen LogP contribution is -2.44. The van der Waals surface area contributed by atoms with Gasteiger partial charge in [0.25, 0.3) is 0 Å². The molecule has 0 radical (unpaired) electrons. The SMILES string of the molecule is CS(=O)(=O)NCC(=O)N1CCC[C@H](c2[nH]ncc2-c2ccc(F)cc2)C1. The average Bonchev–Trinajstić information content (AvgIpc) is 3.09. The maximum atomic E-state index is 13.2. The maximum Gasteiger partial charge on any atom is 0.237 e. The van der Waals surface area contributed by atoms with E-state index in [9.17, 15) is 17.6 Å². The van der Waals surface area contributed by atoms with E-state index in [-0.39, 0.29) is 24.2 Å². The van der Waals surface area contributed by atoms with Gasteiger partial charge in [-0.15, -0.1) is 0 Å². The summed E-state index contributed by atoms with van der Waals surface area (Å²) in [6.45, 7) is 0.848. The van der Waals surface area contributed by atoms with Gasteiger partial charge in [0.2, 0.25) is 15.9 Å². The second-order valence-electron chi connectivity index (χ2n) is 6.48. The third-order valence-corrected chi connectivity index (χ3v) is 5.16. The van der Waals surface area contributed by atoms with Crippen LogP contribution in [0.15, 0.2) is 30.5 Å². The monoisotopic (exact) mass is 380 g/mol. The van der Waals surface area contributed by atoms with Crippen molar-refractivity contribution >= 4 is 15.9 Å². The first-order valence-electron chi connectivity index (χ1n) is 8.35. The average molecular weight is 380 g/mol. The number of rotatable bonds is 5. The molecule has 1 saturated heterocycles. The third kappa shape index (κ3) is 4.47. The molecular formula is C17H21FN4O3S. The quantitative estimate of drug-likeness (QED) is 0.821. The van der Waals surface area contributed by atoms with E-state index < -0.39 is 10.0 Å². The van der Waals surface area contributed by atoms with Crippen LogP contribution in [-0.2, 0) is 14.8 Å². The molecule has 0 bridgehead atoms. The second-order valence-corrected chi connectivity index (χ2v) is 8.31. The van der Waals surface area contributed by atoms with Crippen molar-refractivity contribution in [2.24, 2.45) is 0 Å². The Hall–Kier alpha value is -2.26. The van der Waals surface area contributed by atoms with Crippen LogP contribution in [-0.4, -0.2) is 55.3 Å². The van der Waals surface area contributed by atoms with Crippen molar-refractivity contribution in [2.45, 2.75) is 18.8 Å². The Bertz CT molecular complexity index is 880. The number of amides is 1. The minimum atomic E-state index is -3.41. The van der Waals surface area contributed by atoms with Crippen LogP contribution in [0.25, 0.3) is 11.1 Å².